The average Bonchev–Trinajstić information content (AvgIpc) is 3.31. The molecule has 0 rings (SSSR count). The molecule has 1 unspecified atom stereocenters. The molecule has 0 aliphatic carbocycles. The Hall–Kier alpha value is -3.41. The second-order valence-corrected chi connectivity index (χ2v) is 18.1. The van der Waals surface area contributed by atoms with Gasteiger partial charge in [0.1, 0.15) is 13.2 Å². The van der Waals surface area contributed by atoms with Gasteiger partial charge in [0, 0.05) is 12.8 Å². The number of carbonyl (C=O) groups is 3. The van der Waals surface area contributed by atoms with E-state index in [4.69, 9.17) is 14.2 Å². The summed E-state index contributed by atoms with van der Waals surface area (Å²) in [4.78, 5) is 38.0. The van der Waals surface area contributed by atoms with Crippen molar-refractivity contribution in [3.8, 4) is 0 Å². The third-order valence-electron chi connectivity index (χ3n) is 11.7. The summed E-state index contributed by atoms with van der Waals surface area (Å²) >= 11 is 0. The van der Waals surface area contributed by atoms with Gasteiger partial charge in [0.05, 0.1) is 6.42 Å². The number of hydrogen-bond donors (Lipinski definition) is 0. The molecule has 0 spiro atoms. The number of allylic oxidation sites excluding steroid dienone is 13. The Morgan fingerprint density at radius 2 is 0.636 bits per heavy atom. The number of rotatable bonds is 49. The van der Waals surface area contributed by atoms with E-state index in [1.807, 2.05) is 6.08 Å². The fourth-order valence-electron chi connectivity index (χ4n) is 7.55. The average molecular weight is 919 g/mol. The maximum absolute atomic E-state index is 12.8. The predicted molar refractivity (Wildman–Crippen MR) is 284 cm³/mol. The molecule has 0 fully saturated rings. The van der Waals surface area contributed by atoms with Crippen molar-refractivity contribution in [3.05, 3.63) is 85.1 Å². The summed E-state index contributed by atoms with van der Waals surface area (Å²) in [5, 5.41) is 0. The lowest BCUT2D eigenvalue weighted by molar-refractivity contribution is -0.166. The Morgan fingerprint density at radius 3 is 1.03 bits per heavy atom. The van der Waals surface area contributed by atoms with Crippen LogP contribution in [0.25, 0.3) is 0 Å². The van der Waals surface area contributed by atoms with E-state index in [1.165, 1.54) is 141 Å². The molecular formula is C60H102O6. The normalized spacial score (nSPS) is 12.7. The zero-order chi connectivity index (χ0) is 47.9. The number of ether oxygens (including phenoxy) is 3. The Kier molecular flexibility index (Phi) is 51.4. The van der Waals surface area contributed by atoms with Crippen LogP contribution in [0.5, 0.6) is 0 Å². The highest BCUT2D eigenvalue weighted by Crippen LogP contribution is 2.15. The number of carbonyl (C=O) groups excluding carboxylic acids is 3. The van der Waals surface area contributed by atoms with Crippen LogP contribution in [0.3, 0.4) is 0 Å². The Labute approximate surface area is 407 Å². The van der Waals surface area contributed by atoms with E-state index in [0.717, 1.165) is 77.0 Å². The van der Waals surface area contributed by atoms with Gasteiger partial charge in [0.2, 0.25) is 0 Å². The maximum atomic E-state index is 12.8. The minimum absolute atomic E-state index is 0.0969. The van der Waals surface area contributed by atoms with Crippen LogP contribution in [-0.4, -0.2) is 37.2 Å². The van der Waals surface area contributed by atoms with Gasteiger partial charge in [-0.3, -0.25) is 14.4 Å². The molecular weight excluding hydrogens is 817 g/mol. The summed E-state index contributed by atoms with van der Waals surface area (Å²) in [6.45, 7) is 6.42. The zero-order valence-corrected chi connectivity index (χ0v) is 43.2. The van der Waals surface area contributed by atoms with Gasteiger partial charge in [0.15, 0.2) is 6.10 Å². The lowest BCUT2D eigenvalue weighted by atomic mass is 10.0. The molecule has 66 heavy (non-hydrogen) atoms. The van der Waals surface area contributed by atoms with E-state index in [2.05, 4.69) is 93.7 Å². The Bertz CT molecular complexity index is 1290. The molecule has 1 atom stereocenters. The number of hydrogen-bond acceptors (Lipinski definition) is 6. The van der Waals surface area contributed by atoms with Crippen LogP contribution in [0.1, 0.15) is 258 Å². The van der Waals surface area contributed by atoms with Crippen molar-refractivity contribution in [2.75, 3.05) is 13.2 Å². The van der Waals surface area contributed by atoms with Crippen molar-refractivity contribution < 1.29 is 28.6 Å². The highest BCUT2D eigenvalue weighted by molar-refractivity contribution is 5.72. The van der Waals surface area contributed by atoms with Crippen LogP contribution >= 0.6 is 0 Å². The van der Waals surface area contributed by atoms with E-state index in [-0.39, 0.29) is 31.6 Å². The van der Waals surface area contributed by atoms with Crippen LogP contribution in [0.2, 0.25) is 0 Å². The molecule has 0 saturated carbocycles. The minimum Gasteiger partial charge on any atom is -0.462 e. The van der Waals surface area contributed by atoms with Gasteiger partial charge in [0.25, 0.3) is 0 Å². The van der Waals surface area contributed by atoms with Gasteiger partial charge in [-0.2, -0.15) is 0 Å². The highest BCUT2D eigenvalue weighted by atomic mass is 16.6. The summed E-state index contributed by atoms with van der Waals surface area (Å²) < 4.78 is 16.7. The molecule has 6 heteroatoms. The lowest BCUT2D eigenvalue weighted by Gasteiger charge is -2.18. The van der Waals surface area contributed by atoms with Crippen LogP contribution in [0, 0.1) is 0 Å². The van der Waals surface area contributed by atoms with Crippen molar-refractivity contribution in [2.45, 2.75) is 264 Å². The first-order chi connectivity index (χ1) is 32.5. The molecule has 0 N–H and O–H groups in total. The summed E-state index contributed by atoms with van der Waals surface area (Å²) in [6.07, 6.45) is 70.2. The largest absolute Gasteiger partial charge is 0.462 e. The van der Waals surface area contributed by atoms with Gasteiger partial charge in [-0.05, 0) is 77.0 Å². The highest BCUT2D eigenvalue weighted by Gasteiger charge is 2.19. The Balaban J connectivity index is 4.46. The molecule has 0 heterocycles. The van der Waals surface area contributed by atoms with Crippen LogP contribution < -0.4 is 0 Å². The molecule has 0 bridgehead atoms. The number of unbranched alkanes of at least 4 members (excludes halogenated alkanes) is 25. The summed E-state index contributed by atoms with van der Waals surface area (Å²) in [6, 6.07) is 0. The second kappa shape index (κ2) is 54.2. The monoisotopic (exact) mass is 919 g/mol. The summed E-state index contributed by atoms with van der Waals surface area (Å²) in [7, 11) is 0. The van der Waals surface area contributed by atoms with Crippen LogP contribution in [0.15, 0.2) is 85.1 Å². The van der Waals surface area contributed by atoms with E-state index >= 15 is 0 Å². The molecule has 0 radical (unpaired) electrons. The molecule has 0 aromatic rings. The second-order valence-electron chi connectivity index (χ2n) is 18.1. The zero-order valence-electron chi connectivity index (χ0n) is 43.2. The molecule has 0 amide bonds. The van der Waals surface area contributed by atoms with Crippen molar-refractivity contribution in [1.29, 1.82) is 0 Å². The third kappa shape index (κ3) is 51.6. The third-order valence-corrected chi connectivity index (χ3v) is 11.7. The first kappa shape index (κ1) is 62.6. The minimum atomic E-state index is -0.831. The first-order valence-corrected chi connectivity index (χ1v) is 27.6. The van der Waals surface area contributed by atoms with E-state index in [0.29, 0.717) is 12.8 Å². The van der Waals surface area contributed by atoms with Crippen molar-refractivity contribution in [1.82, 2.24) is 0 Å². The Morgan fingerprint density at radius 1 is 0.333 bits per heavy atom. The molecule has 0 saturated heterocycles. The van der Waals surface area contributed by atoms with E-state index in [1.54, 1.807) is 6.08 Å². The van der Waals surface area contributed by atoms with Gasteiger partial charge >= 0.3 is 17.9 Å². The smallest absolute Gasteiger partial charge is 0.310 e. The number of esters is 3. The SMILES string of the molecule is CC/C=C\C/C=C\C/C=C\C/C=C\C/C=C\CC(=O)OC(COC(=O)CCCCCCCCCCC/C=C\C/C=C\CCCCC)COC(=O)CCCCCCCCCCCCCCCC. The molecule has 0 aliphatic heterocycles. The predicted octanol–water partition coefficient (Wildman–Crippen LogP) is 18.4. The fourth-order valence-corrected chi connectivity index (χ4v) is 7.55. The topological polar surface area (TPSA) is 78.9 Å². The summed E-state index contributed by atoms with van der Waals surface area (Å²) in [5.41, 5.74) is 0. The van der Waals surface area contributed by atoms with Crippen LogP contribution in [0.4, 0.5) is 0 Å². The lowest BCUT2D eigenvalue weighted by Crippen LogP contribution is -2.30. The van der Waals surface area contributed by atoms with Crippen LogP contribution in [-0.2, 0) is 28.6 Å². The molecule has 0 aromatic carbocycles. The summed E-state index contributed by atoms with van der Waals surface area (Å²) in [5.74, 6) is -1.04. The standard InChI is InChI=1S/C60H102O6/c1-4-7-10-13-16-19-22-25-28-29-30-31-33-35-38-41-44-47-50-53-59(62)65-56-57(55-64-58(61)52-49-46-43-40-37-34-27-24-21-18-15-12-9-6-3)66-60(63)54-51-48-45-42-39-36-32-26-23-20-17-14-11-8-5-2/h8,11,16-17,19-20,25-26,28,32,39,42,48,51,57H,4-7,9-10,12-15,18,21-24,27,29-31,33-38,40-41,43-47,49-50,52-56H2,1-3H3/b11-8-,19-16-,20-17-,28-25-,32-26-,42-39-,51-48-. The van der Waals surface area contributed by atoms with Crippen molar-refractivity contribution >= 4 is 17.9 Å². The van der Waals surface area contributed by atoms with E-state index in [9.17, 15) is 14.4 Å². The van der Waals surface area contributed by atoms with Crippen molar-refractivity contribution in [3.63, 3.8) is 0 Å². The maximum Gasteiger partial charge on any atom is 0.310 e. The van der Waals surface area contributed by atoms with Gasteiger partial charge in [-0.25, -0.2) is 0 Å². The molecule has 0 aromatic heterocycles. The molecule has 0 aliphatic rings. The molecule has 378 valence electrons. The quantitative estimate of drug-likeness (QED) is 0.0262. The van der Waals surface area contributed by atoms with Gasteiger partial charge < -0.3 is 14.2 Å². The van der Waals surface area contributed by atoms with Gasteiger partial charge in [-0.15, -0.1) is 0 Å². The van der Waals surface area contributed by atoms with E-state index < -0.39 is 12.1 Å². The fraction of sp³-hybridized carbons (Fsp3) is 0.717. The first-order valence-electron chi connectivity index (χ1n) is 27.6. The van der Waals surface area contributed by atoms with Crippen molar-refractivity contribution in [2.24, 2.45) is 0 Å². The molecule has 6 nitrogen and oxygen atoms in total. The van der Waals surface area contributed by atoms with Gasteiger partial charge in [-0.1, -0.05) is 247 Å².